The highest BCUT2D eigenvalue weighted by molar-refractivity contribution is 6.30. The highest BCUT2D eigenvalue weighted by Crippen LogP contribution is 2.35. The lowest BCUT2D eigenvalue weighted by Gasteiger charge is -2.22. The summed E-state index contributed by atoms with van der Waals surface area (Å²) < 4.78 is 66.1. The second kappa shape index (κ2) is 10.5. The minimum Gasteiger partial charge on any atom is -0.496 e. The van der Waals surface area contributed by atoms with E-state index in [0.717, 1.165) is 28.8 Å². The standard InChI is InChI=1S/C24H16ClF4N5O4/c1-37-19-3-2-14(26)7-17(19)18-8-15(32-33-22(18)35)10-34-11-31-21(24(27,28)29)20(23(34)36)38-16-5-12(9-30)4-13(25)6-16/h2-8,11,22,33,35H,10H2,1H3. The molecule has 1 aliphatic heterocycles. The Kier molecular flexibility index (Phi) is 7.38. The predicted octanol–water partition coefficient (Wildman–Crippen LogP) is 4.09. The third kappa shape index (κ3) is 5.61. The van der Waals surface area contributed by atoms with Gasteiger partial charge >= 0.3 is 6.18 Å². The van der Waals surface area contributed by atoms with Gasteiger partial charge in [0.1, 0.15) is 17.3 Å². The first-order chi connectivity index (χ1) is 18.0. The van der Waals surface area contributed by atoms with Crippen molar-refractivity contribution in [1.82, 2.24) is 15.0 Å². The number of hydrazone groups is 1. The molecule has 1 aromatic heterocycles. The smallest absolute Gasteiger partial charge is 0.437 e. The Morgan fingerprint density at radius 1 is 1.26 bits per heavy atom. The first-order valence-corrected chi connectivity index (χ1v) is 11.0. The predicted molar refractivity (Wildman–Crippen MR) is 127 cm³/mol. The summed E-state index contributed by atoms with van der Waals surface area (Å²) in [6.07, 6.45) is -4.41. The van der Waals surface area contributed by atoms with E-state index in [1.54, 1.807) is 6.07 Å². The van der Waals surface area contributed by atoms with E-state index < -0.39 is 41.8 Å². The molecule has 1 unspecified atom stereocenters. The second-order valence-electron chi connectivity index (χ2n) is 7.82. The van der Waals surface area contributed by atoms with Crippen molar-refractivity contribution < 1.29 is 32.1 Å². The van der Waals surface area contributed by atoms with Crippen LogP contribution in [-0.4, -0.2) is 33.7 Å². The van der Waals surface area contributed by atoms with Crippen LogP contribution in [0.3, 0.4) is 0 Å². The van der Waals surface area contributed by atoms with Gasteiger partial charge in [-0.2, -0.15) is 23.5 Å². The van der Waals surface area contributed by atoms with Crippen molar-refractivity contribution in [1.29, 1.82) is 5.26 Å². The van der Waals surface area contributed by atoms with Crippen molar-refractivity contribution in [3.8, 4) is 23.3 Å². The molecule has 38 heavy (non-hydrogen) atoms. The van der Waals surface area contributed by atoms with Crippen molar-refractivity contribution in [2.24, 2.45) is 5.10 Å². The van der Waals surface area contributed by atoms with Gasteiger partial charge in [-0.05, 0) is 42.5 Å². The number of aliphatic hydroxyl groups is 1. The van der Waals surface area contributed by atoms with E-state index in [4.69, 9.17) is 26.3 Å². The van der Waals surface area contributed by atoms with Crippen molar-refractivity contribution in [3.05, 3.63) is 86.8 Å². The lowest BCUT2D eigenvalue weighted by Crippen LogP contribution is -2.34. The van der Waals surface area contributed by atoms with Crippen molar-refractivity contribution in [3.63, 3.8) is 0 Å². The first kappa shape index (κ1) is 26.6. The van der Waals surface area contributed by atoms with Crippen LogP contribution < -0.4 is 20.5 Å². The molecule has 196 valence electrons. The van der Waals surface area contributed by atoms with Gasteiger partial charge < -0.3 is 14.6 Å². The van der Waals surface area contributed by atoms with Gasteiger partial charge in [-0.15, -0.1) is 0 Å². The van der Waals surface area contributed by atoms with E-state index in [1.807, 2.05) is 0 Å². The Morgan fingerprint density at radius 2 is 2.03 bits per heavy atom. The number of hydrogen-bond donors (Lipinski definition) is 2. The number of nitrogens with one attached hydrogen (secondary N) is 1. The Bertz CT molecular complexity index is 1560. The van der Waals surface area contributed by atoms with Crippen molar-refractivity contribution in [2.75, 3.05) is 7.11 Å². The molecular formula is C24H16ClF4N5O4. The number of rotatable bonds is 6. The zero-order chi connectivity index (χ0) is 27.6. The molecule has 9 nitrogen and oxygen atoms in total. The largest absolute Gasteiger partial charge is 0.496 e. The van der Waals surface area contributed by atoms with Crippen LogP contribution in [0.2, 0.25) is 5.02 Å². The fraction of sp³-hybridized carbons (Fsp3) is 0.167. The molecule has 0 bridgehead atoms. The quantitative estimate of drug-likeness (QED) is 0.444. The van der Waals surface area contributed by atoms with Crippen LogP contribution in [-0.2, 0) is 12.7 Å². The minimum absolute atomic E-state index is 0.00286. The molecule has 2 N–H and O–H groups in total. The maximum Gasteiger partial charge on any atom is 0.437 e. The number of nitriles is 1. The number of allylic oxidation sites excluding steroid dienone is 1. The zero-order valence-corrected chi connectivity index (χ0v) is 20.0. The Hall–Kier alpha value is -4.41. The summed E-state index contributed by atoms with van der Waals surface area (Å²) in [5, 5.41) is 23.4. The lowest BCUT2D eigenvalue weighted by atomic mass is 10.0. The Morgan fingerprint density at radius 3 is 2.71 bits per heavy atom. The highest BCUT2D eigenvalue weighted by atomic mass is 35.5. The molecule has 1 aliphatic rings. The average Bonchev–Trinajstić information content (AvgIpc) is 2.86. The van der Waals surface area contributed by atoms with Gasteiger partial charge in [0.25, 0.3) is 5.56 Å². The third-order valence-electron chi connectivity index (χ3n) is 5.24. The van der Waals surface area contributed by atoms with Gasteiger partial charge in [-0.3, -0.25) is 14.8 Å². The normalized spacial score (nSPS) is 15.2. The SMILES string of the molecule is COc1ccc(F)cc1C1=CC(Cn2cnc(C(F)(F)F)c(Oc3cc(Cl)cc(C#N)c3)c2=O)=NNC1O. The van der Waals surface area contributed by atoms with E-state index in [9.17, 15) is 27.5 Å². The van der Waals surface area contributed by atoms with Gasteiger partial charge in [0, 0.05) is 16.2 Å². The maximum absolute atomic E-state index is 13.9. The molecule has 2 heterocycles. The van der Waals surface area contributed by atoms with E-state index in [1.165, 1.54) is 25.3 Å². The van der Waals surface area contributed by atoms with Gasteiger partial charge in [-0.25, -0.2) is 9.37 Å². The monoisotopic (exact) mass is 549 g/mol. The number of methoxy groups -OCH3 is 1. The van der Waals surface area contributed by atoms with E-state index >= 15 is 0 Å². The summed E-state index contributed by atoms with van der Waals surface area (Å²) in [6.45, 7) is -0.403. The van der Waals surface area contributed by atoms with Crippen molar-refractivity contribution in [2.45, 2.75) is 18.9 Å². The van der Waals surface area contributed by atoms with Crippen LogP contribution in [0.1, 0.15) is 16.8 Å². The van der Waals surface area contributed by atoms with Gasteiger partial charge in [0.2, 0.25) is 5.75 Å². The number of aliphatic hydroxyl groups excluding tert-OH is 1. The minimum atomic E-state index is -5.04. The maximum atomic E-state index is 13.9. The summed E-state index contributed by atoms with van der Waals surface area (Å²) in [6, 6.07) is 8.93. The molecule has 0 fully saturated rings. The molecule has 1 atom stereocenters. The van der Waals surface area contributed by atoms with Crippen LogP contribution in [0.25, 0.3) is 5.57 Å². The topological polar surface area (TPSA) is 122 Å². The van der Waals surface area contributed by atoms with Gasteiger partial charge in [0.15, 0.2) is 11.9 Å². The molecule has 0 saturated heterocycles. The van der Waals surface area contributed by atoms with E-state index in [-0.39, 0.29) is 38.9 Å². The summed E-state index contributed by atoms with van der Waals surface area (Å²) in [5.74, 6) is -1.80. The van der Waals surface area contributed by atoms with Gasteiger partial charge in [0.05, 0.1) is 37.3 Å². The first-order valence-electron chi connectivity index (χ1n) is 10.6. The molecule has 0 spiro atoms. The summed E-state index contributed by atoms with van der Waals surface area (Å²) in [7, 11) is 1.35. The molecule has 0 saturated carbocycles. The van der Waals surface area contributed by atoms with Crippen LogP contribution in [0, 0.1) is 17.1 Å². The van der Waals surface area contributed by atoms with E-state index in [0.29, 0.717) is 6.33 Å². The summed E-state index contributed by atoms with van der Waals surface area (Å²) in [4.78, 5) is 16.5. The van der Waals surface area contributed by atoms with Crippen LogP contribution >= 0.6 is 11.6 Å². The molecule has 2 aromatic carbocycles. The molecule has 3 aromatic rings. The number of nitrogens with zero attached hydrogens (tertiary/aromatic N) is 4. The number of alkyl halides is 3. The van der Waals surface area contributed by atoms with Crippen LogP contribution in [0.15, 0.2) is 58.7 Å². The number of halogens is 5. The molecule has 0 amide bonds. The van der Waals surface area contributed by atoms with E-state index in [2.05, 4.69) is 15.5 Å². The number of hydrogen-bond acceptors (Lipinski definition) is 8. The van der Waals surface area contributed by atoms with Crippen molar-refractivity contribution >= 4 is 22.9 Å². The second-order valence-corrected chi connectivity index (χ2v) is 8.26. The lowest BCUT2D eigenvalue weighted by molar-refractivity contribution is -0.142. The summed E-state index contributed by atoms with van der Waals surface area (Å²) >= 11 is 5.90. The Balaban J connectivity index is 1.74. The molecule has 4 rings (SSSR count). The van der Waals surface area contributed by atoms with Gasteiger partial charge in [-0.1, -0.05) is 11.6 Å². The number of benzene rings is 2. The molecule has 0 radical (unpaired) electrons. The number of aromatic nitrogens is 2. The molecule has 0 aliphatic carbocycles. The summed E-state index contributed by atoms with van der Waals surface area (Å²) in [5.41, 5.74) is 0.0184. The third-order valence-corrected chi connectivity index (χ3v) is 5.46. The fourth-order valence-electron chi connectivity index (χ4n) is 3.57. The average molecular weight is 550 g/mol. The molecular weight excluding hydrogens is 534 g/mol. The van der Waals surface area contributed by atoms with Crippen LogP contribution in [0.5, 0.6) is 17.2 Å². The Labute approximate surface area is 216 Å². The zero-order valence-electron chi connectivity index (χ0n) is 19.3. The van der Waals surface area contributed by atoms with Crippen LogP contribution in [0.4, 0.5) is 17.6 Å². The number of ether oxygens (including phenoxy) is 2. The molecule has 14 heteroatoms. The fourth-order valence-corrected chi connectivity index (χ4v) is 3.80. The highest BCUT2D eigenvalue weighted by Gasteiger charge is 2.39.